The van der Waals surface area contributed by atoms with Gasteiger partial charge >= 0.3 is 0 Å². The van der Waals surface area contributed by atoms with Gasteiger partial charge in [0.25, 0.3) is 0 Å². The molecule has 12 heteroatoms. The SMILES string of the molecule is Cc1c(C#N)c(Nc2ccccc2)nc(NCCOCCO)c1N=Nc1ccc(S(=O)CCN(CCO)C(C)C)cc1. The van der Waals surface area contributed by atoms with Crippen LogP contribution in [0.25, 0.3) is 0 Å². The molecule has 11 nitrogen and oxygen atoms in total. The lowest BCUT2D eigenvalue weighted by Gasteiger charge is -2.25. The highest BCUT2D eigenvalue weighted by atomic mass is 32.2. The molecular formula is C30H39N7O4S. The fraction of sp³-hybridized carbons (Fsp3) is 0.400. The quantitative estimate of drug-likeness (QED) is 0.129. The summed E-state index contributed by atoms with van der Waals surface area (Å²) < 4.78 is 18.2. The molecule has 0 fully saturated rings. The Bertz CT molecular complexity index is 1360. The van der Waals surface area contributed by atoms with E-state index in [2.05, 4.69) is 50.7 Å². The molecule has 0 aliphatic rings. The van der Waals surface area contributed by atoms with E-state index in [4.69, 9.17) is 9.84 Å². The third kappa shape index (κ3) is 9.68. The van der Waals surface area contributed by atoms with Crippen LogP contribution >= 0.6 is 0 Å². The Hall–Kier alpha value is -3.73. The fourth-order valence-corrected chi connectivity index (χ4v) is 5.16. The summed E-state index contributed by atoms with van der Waals surface area (Å²) >= 11 is 0. The number of anilines is 3. The van der Waals surface area contributed by atoms with Gasteiger partial charge in [-0.3, -0.25) is 9.11 Å². The molecule has 1 atom stereocenters. The van der Waals surface area contributed by atoms with E-state index in [0.717, 1.165) is 5.69 Å². The van der Waals surface area contributed by atoms with Crippen LogP contribution in [0.5, 0.6) is 0 Å². The van der Waals surface area contributed by atoms with Gasteiger partial charge < -0.3 is 25.6 Å². The number of pyridine rings is 1. The summed E-state index contributed by atoms with van der Waals surface area (Å²) in [7, 11) is -1.20. The Labute approximate surface area is 249 Å². The molecular weight excluding hydrogens is 554 g/mol. The smallest absolute Gasteiger partial charge is 0.156 e. The molecule has 1 heterocycles. The van der Waals surface area contributed by atoms with Crippen molar-refractivity contribution in [1.82, 2.24) is 9.88 Å². The van der Waals surface area contributed by atoms with E-state index in [9.17, 15) is 14.6 Å². The minimum atomic E-state index is -1.20. The summed E-state index contributed by atoms with van der Waals surface area (Å²) in [5, 5.41) is 43.4. The number of nitriles is 1. The van der Waals surface area contributed by atoms with Crippen molar-refractivity contribution in [2.75, 3.05) is 62.4 Å². The van der Waals surface area contributed by atoms with Gasteiger partial charge in [0, 0.05) is 47.6 Å². The van der Waals surface area contributed by atoms with E-state index in [0.29, 0.717) is 71.0 Å². The second kappa shape index (κ2) is 17.3. The molecule has 3 rings (SSSR count). The number of hydrogen-bond donors (Lipinski definition) is 4. The molecule has 0 spiro atoms. The first kappa shape index (κ1) is 32.8. The van der Waals surface area contributed by atoms with E-state index in [1.807, 2.05) is 30.3 Å². The molecule has 1 aromatic heterocycles. The predicted octanol–water partition coefficient (Wildman–Crippen LogP) is 4.65. The van der Waals surface area contributed by atoms with Gasteiger partial charge in [0.1, 0.15) is 11.8 Å². The molecule has 3 aromatic rings. The minimum absolute atomic E-state index is 0.0642. The molecule has 0 saturated carbocycles. The molecule has 224 valence electrons. The molecule has 0 aliphatic heterocycles. The molecule has 4 N–H and O–H groups in total. The minimum Gasteiger partial charge on any atom is -0.395 e. The Morgan fingerprint density at radius 1 is 1.02 bits per heavy atom. The average Bonchev–Trinajstić information content (AvgIpc) is 2.99. The first-order valence-electron chi connectivity index (χ1n) is 13.8. The van der Waals surface area contributed by atoms with Crippen molar-refractivity contribution in [3.05, 3.63) is 65.7 Å². The van der Waals surface area contributed by atoms with E-state index in [-0.39, 0.29) is 25.9 Å². The molecule has 0 radical (unpaired) electrons. The van der Waals surface area contributed by atoms with Crippen LogP contribution in [0.3, 0.4) is 0 Å². The number of aliphatic hydroxyl groups excluding tert-OH is 2. The Kier molecular flexibility index (Phi) is 13.5. The van der Waals surface area contributed by atoms with Crippen LogP contribution in [-0.4, -0.2) is 82.2 Å². The normalized spacial score (nSPS) is 12.1. The van der Waals surface area contributed by atoms with Gasteiger partial charge in [0.2, 0.25) is 0 Å². The molecule has 0 amide bonds. The van der Waals surface area contributed by atoms with Crippen molar-refractivity contribution < 1.29 is 19.2 Å². The number of rotatable bonds is 17. The van der Waals surface area contributed by atoms with Crippen molar-refractivity contribution in [2.24, 2.45) is 10.2 Å². The zero-order chi connectivity index (χ0) is 30.3. The topological polar surface area (TPSA) is 155 Å². The number of nitrogens with one attached hydrogen (secondary N) is 2. The lowest BCUT2D eigenvalue weighted by atomic mass is 10.1. The summed E-state index contributed by atoms with van der Waals surface area (Å²) in [6.07, 6.45) is 0. The number of nitrogens with zero attached hydrogens (tertiary/aromatic N) is 5. The van der Waals surface area contributed by atoms with Crippen molar-refractivity contribution in [2.45, 2.75) is 31.7 Å². The van der Waals surface area contributed by atoms with E-state index in [1.165, 1.54) is 0 Å². The van der Waals surface area contributed by atoms with Crippen LogP contribution in [-0.2, 0) is 15.5 Å². The lowest BCUT2D eigenvalue weighted by molar-refractivity contribution is 0.0992. The maximum atomic E-state index is 12.8. The number of para-hydroxylation sites is 1. The summed E-state index contributed by atoms with van der Waals surface area (Å²) in [5.74, 6) is 1.28. The molecule has 0 saturated heterocycles. The zero-order valence-corrected chi connectivity index (χ0v) is 25.1. The molecule has 1 unspecified atom stereocenters. The number of azo groups is 1. The highest BCUT2D eigenvalue weighted by Gasteiger charge is 2.18. The van der Waals surface area contributed by atoms with Crippen LogP contribution in [0, 0.1) is 18.3 Å². The second-order valence-corrected chi connectivity index (χ2v) is 11.2. The standard InChI is InChI=1S/C30H39N7O4S/c1-22(2)37(14-16-38)15-20-42(40)26-11-9-25(10-12-26)35-36-28-23(3)27(21-31)29(33-24-7-5-4-6-8-24)34-30(28)32-13-18-41-19-17-39/h4-12,22,38-39H,13-20H2,1-3H3,(H2,32,33,34). The lowest BCUT2D eigenvalue weighted by Crippen LogP contribution is -2.36. The van der Waals surface area contributed by atoms with Gasteiger partial charge in [-0.15, -0.1) is 5.11 Å². The summed E-state index contributed by atoms with van der Waals surface area (Å²) in [4.78, 5) is 7.45. The first-order valence-corrected chi connectivity index (χ1v) is 15.1. The summed E-state index contributed by atoms with van der Waals surface area (Å²) in [6.45, 7) is 8.04. The Morgan fingerprint density at radius 3 is 2.40 bits per heavy atom. The van der Waals surface area contributed by atoms with Crippen molar-refractivity contribution in [3.63, 3.8) is 0 Å². The van der Waals surface area contributed by atoms with Crippen LogP contribution < -0.4 is 10.6 Å². The third-order valence-corrected chi connectivity index (χ3v) is 7.74. The van der Waals surface area contributed by atoms with Gasteiger partial charge in [0.05, 0.1) is 48.5 Å². The number of aromatic nitrogens is 1. The van der Waals surface area contributed by atoms with Crippen LogP contribution in [0.15, 0.2) is 69.7 Å². The average molecular weight is 594 g/mol. The monoisotopic (exact) mass is 593 g/mol. The number of hydrogen-bond acceptors (Lipinski definition) is 11. The number of benzene rings is 2. The maximum absolute atomic E-state index is 12.8. The fourth-order valence-electron chi connectivity index (χ4n) is 4.08. The maximum Gasteiger partial charge on any atom is 0.156 e. The van der Waals surface area contributed by atoms with E-state index >= 15 is 0 Å². The van der Waals surface area contributed by atoms with Gasteiger partial charge in [0.15, 0.2) is 11.6 Å². The largest absolute Gasteiger partial charge is 0.395 e. The van der Waals surface area contributed by atoms with Crippen LogP contribution in [0.4, 0.5) is 28.7 Å². The molecule has 2 aromatic carbocycles. The highest BCUT2D eigenvalue weighted by molar-refractivity contribution is 7.85. The van der Waals surface area contributed by atoms with E-state index < -0.39 is 10.8 Å². The number of aliphatic hydroxyl groups is 2. The van der Waals surface area contributed by atoms with Gasteiger partial charge in [-0.25, -0.2) is 4.98 Å². The highest BCUT2D eigenvalue weighted by Crippen LogP contribution is 2.35. The molecule has 42 heavy (non-hydrogen) atoms. The number of ether oxygens (including phenoxy) is 1. The van der Waals surface area contributed by atoms with Crippen molar-refractivity contribution in [3.8, 4) is 6.07 Å². The third-order valence-electron chi connectivity index (χ3n) is 6.38. The summed E-state index contributed by atoms with van der Waals surface area (Å²) in [6, 6.07) is 19.0. The zero-order valence-electron chi connectivity index (χ0n) is 24.3. The van der Waals surface area contributed by atoms with Crippen molar-refractivity contribution in [1.29, 1.82) is 5.26 Å². The predicted molar refractivity (Wildman–Crippen MR) is 165 cm³/mol. The summed E-state index contributed by atoms with van der Waals surface area (Å²) in [5.41, 5.74) is 2.70. The van der Waals surface area contributed by atoms with Crippen LogP contribution in [0.2, 0.25) is 0 Å². The Balaban J connectivity index is 1.82. The second-order valence-electron chi connectivity index (χ2n) is 9.62. The molecule has 0 aliphatic carbocycles. The Morgan fingerprint density at radius 2 is 1.76 bits per heavy atom. The van der Waals surface area contributed by atoms with Crippen LogP contribution in [0.1, 0.15) is 25.0 Å². The van der Waals surface area contributed by atoms with Gasteiger partial charge in [-0.05, 0) is 57.2 Å². The molecule has 0 bridgehead atoms. The van der Waals surface area contributed by atoms with E-state index in [1.54, 1.807) is 31.2 Å². The van der Waals surface area contributed by atoms with Crippen molar-refractivity contribution >= 4 is 39.5 Å². The van der Waals surface area contributed by atoms with Gasteiger partial charge in [-0.2, -0.15) is 10.4 Å². The van der Waals surface area contributed by atoms with Gasteiger partial charge in [-0.1, -0.05) is 18.2 Å². The first-order chi connectivity index (χ1) is 20.4.